The molecule has 0 fully saturated rings. The molecule has 0 aliphatic heterocycles. The topological polar surface area (TPSA) is 26.3 Å². The molecule has 104 valence electrons. The summed E-state index contributed by atoms with van der Waals surface area (Å²) in [6.07, 6.45) is 0. The van der Waals surface area contributed by atoms with E-state index in [-0.39, 0.29) is 12.4 Å². The van der Waals surface area contributed by atoms with Gasteiger partial charge >= 0.3 is 0 Å². The SMILES string of the molecule is Cc1ccc(C(=O)COc2cc(C)c(Cl)c(C)c2)cc1. The fourth-order valence-electron chi connectivity index (χ4n) is 1.96. The van der Waals surface area contributed by atoms with Gasteiger partial charge in [-0.1, -0.05) is 41.4 Å². The standard InChI is InChI=1S/C17H17ClO2/c1-11-4-6-14(7-5-11)16(19)10-20-15-8-12(2)17(18)13(3)9-15/h4-9H,10H2,1-3H3. The van der Waals surface area contributed by atoms with Crippen molar-refractivity contribution in [2.45, 2.75) is 20.8 Å². The molecule has 0 heterocycles. The van der Waals surface area contributed by atoms with Crippen LogP contribution in [0.15, 0.2) is 36.4 Å². The first kappa shape index (κ1) is 14.6. The van der Waals surface area contributed by atoms with Gasteiger partial charge in [0, 0.05) is 10.6 Å². The van der Waals surface area contributed by atoms with Crippen molar-refractivity contribution in [3.8, 4) is 5.75 Å². The maximum absolute atomic E-state index is 12.0. The second-order valence-electron chi connectivity index (χ2n) is 4.95. The van der Waals surface area contributed by atoms with Crippen LogP contribution in [0.4, 0.5) is 0 Å². The van der Waals surface area contributed by atoms with E-state index in [1.165, 1.54) is 0 Å². The van der Waals surface area contributed by atoms with Crippen LogP contribution in [0.5, 0.6) is 5.75 Å². The molecule has 2 nitrogen and oxygen atoms in total. The van der Waals surface area contributed by atoms with Crippen LogP contribution in [0.2, 0.25) is 5.02 Å². The van der Waals surface area contributed by atoms with Gasteiger partial charge in [0.2, 0.25) is 0 Å². The summed E-state index contributed by atoms with van der Waals surface area (Å²) in [7, 11) is 0. The highest BCUT2D eigenvalue weighted by molar-refractivity contribution is 6.32. The predicted octanol–water partition coefficient (Wildman–Crippen LogP) is 4.53. The minimum atomic E-state index is -0.0322. The van der Waals surface area contributed by atoms with Crippen LogP contribution in [-0.2, 0) is 0 Å². The Hall–Kier alpha value is -1.80. The number of benzene rings is 2. The quantitative estimate of drug-likeness (QED) is 0.773. The van der Waals surface area contributed by atoms with Gasteiger partial charge in [-0.3, -0.25) is 4.79 Å². The van der Waals surface area contributed by atoms with Crippen molar-refractivity contribution in [3.63, 3.8) is 0 Å². The van der Waals surface area contributed by atoms with Gasteiger partial charge in [-0.2, -0.15) is 0 Å². The molecule has 0 radical (unpaired) electrons. The third-order valence-corrected chi connectivity index (χ3v) is 3.75. The molecule has 0 N–H and O–H groups in total. The first-order chi connectivity index (χ1) is 9.47. The van der Waals surface area contributed by atoms with E-state index >= 15 is 0 Å². The summed E-state index contributed by atoms with van der Waals surface area (Å²) in [5, 5.41) is 0.738. The molecule has 0 bridgehead atoms. The van der Waals surface area contributed by atoms with Gasteiger partial charge < -0.3 is 4.74 Å². The normalized spacial score (nSPS) is 10.4. The van der Waals surface area contributed by atoms with E-state index in [4.69, 9.17) is 16.3 Å². The Balaban J connectivity index is 2.05. The van der Waals surface area contributed by atoms with Gasteiger partial charge in [0.05, 0.1) is 0 Å². The molecule has 2 rings (SSSR count). The molecule has 2 aromatic rings. The number of rotatable bonds is 4. The lowest BCUT2D eigenvalue weighted by Crippen LogP contribution is -2.11. The van der Waals surface area contributed by atoms with Crippen molar-refractivity contribution in [2.24, 2.45) is 0 Å². The molecule has 2 aromatic carbocycles. The summed E-state index contributed by atoms with van der Waals surface area (Å²) < 4.78 is 5.56. The van der Waals surface area contributed by atoms with Crippen LogP contribution >= 0.6 is 11.6 Å². The number of aryl methyl sites for hydroxylation is 3. The van der Waals surface area contributed by atoms with E-state index in [9.17, 15) is 4.79 Å². The monoisotopic (exact) mass is 288 g/mol. The zero-order valence-electron chi connectivity index (χ0n) is 11.9. The second kappa shape index (κ2) is 6.10. The van der Waals surface area contributed by atoms with Crippen LogP contribution in [-0.4, -0.2) is 12.4 Å². The minimum absolute atomic E-state index is 0.0313. The fraction of sp³-hybridized carbons (Fsp3) is 0.235. The van der Waals surface area contributed by atoms with Crippen LogP contribution in [0.25, 0.3) is 0 Å². The van der Waals surface area contributed by atoms with Gasteiger partial charge in [-0.25, -0.2) is 0 Å². The zero-order chi connectivity index (χ0) is 14.7. The van der Waals surface area contributed by atoms with Crippen LogP contribution < -0.4 is 4.74 Å². The molecular formula is C17H17ClO2. The molecular weight excluding hydrogens is 272 g/mol. The maximum Gasteiger partial charge on any atom is 0.200 e. The lowest BCUT2D eigenvalue weighted by molar-refractivity contribution is 0.0921. The Labute approximate surface area is 124 Å². The van der Waals surface area contributed by atoms with E-state index < -0.39 is 0 Å². The largest absolute Gasteiger partial charge is 0.485 e. The molecule has 0 aliphatic rings. The zero-order valence-corrected chi connectivity index (χ0v) is 12.6. The molecule has 0 atom stereocenters. The first-order valence-corrected chi connectivity index (χ1v) is 6.84. The van der Waals surface area contributed by atoms with Crippen molar-refractivity contribution in [1.82, 2.24) is 0 Å². The summed E-state index contributed by atoms with van der Waals surface area (Å²) >= 11 is 6.10. The number of carbonyl (C=O) groups excluding carboxylic acids is 1. The fourth-order valence-corrected chi connectivity index (χ4v) is 2.07. The number of hydrogen-bond donors (Lipinski definition) is 0. The number of hydrogen-bond acceptors (Lipinski definition) is 2. The summed E-state index contributed by atoms with van der Waals surface area (Å²) in [4.78, 5) is 12.0. The van der Waals surface area contributed by atoms with Crippen molar-refractivity contribution in [3.05, 3.63) is 63.7 Å². The van der Waals surface area contributed by atoms with Crippen molar-refractivity contribution < 1.29 is 9.53 Å². The van der Waals surface area contributed by atoms with Gasteiger partial charge in [0.25, 0.3) is 0 Å². The third kappa shape index (κ3) is 3.40. The van der Waals surface area contributed by atoms with E-state index in [1.807, 2.05) is 57.2 Å². The molecule has 0 aliphatic carbocycles. The van der Waals surface area contributed by atoms with E-state index in [0.29, 0.717) is 11.3 Å². The number of carbonyl (C=O) groups is 1. The highest BCUT2D eigenvalue weighted by Gasteiger charge is 2.08. The number of ether oxygens (including phenoxy) is 1. The van der Waals surface area contributed by atoms with Gasteiger partial charge in [0.1, 0.15) is 5.75 Å². The highest BCUT2D eigenvalue weighted by atomic mass is 35.5. The Morgan fingerprint density at radius 3 is 2.15 bits per heavy atom. The van der Waals surface area contributed by atoms with Crippen molar-refractivity contribution in [2.75, 3.05) is 6.61 Å². The minimum Gasteiger partial charge on any atom is -0.485 e. The molecule has 0 aromatic heterocycles. The van der Waals surface area contributed by atoms with Crippen molar-refractivity contribution >= 4 is 17.4 Å². The number of ketones is 1. The highest BCUT2D eigenvalue weighted by Crippen LogP contribution is 2.25. The summed E-state index contributed by atoms with van der Waals surface area (Å²) in [6, 6.07) is 11.2. The molecule has 0 saturated carbocycles. The van der Waals surface area contributed by atoms with Gasteiger partial charge in [-0.05, 0) is 44.0 Å². The van der Waals surface area contributed by atoms with Crippen LogP contribution in [0, 0.1) is 20.8 Å². The van der Waals surface area contributed by atoms with E-state index in [1.54, 1.807) is 0 Å². The first-order valence-electron chi connectivity index (χ1n) is 6.47. The van der Waals surface area contributed by atoms with Gasteiger partial charge in [0.15, 0.2) is 12.4 Å². The smallest absolute Gasteiger partial charge is 0.200 e. The second-order valence-corrected chi connectivity index (χ2v) is 5.33. The number of halogens is 1. The van der Waals surface area contributed by atoms with Gasteiger partial charge in [-0.15, -0.1) is 0 Å². The lowest BCUT2D eigenvalue weighted by atomic mass is 10.1. The average Bonchev–Trinajstić information content (AvgIpc) is 2.42. The van der Waals surface area contributed by atoms with E-state index in [2.05, 4.69) is 0 Å². The molecule has 0 saturated heterocycles. The third-order valence-electron chi connectivity index (χ3n) is 3.15. The predicted molar refractivity (Wildman–Crippen MR) is 81.9 cm³/mol. The lowest BCUT2D eigenvalue weighted by Gasteiger charge is -2.09. The molecule has 3 heteroatoms. The summed E-state index contributed by atoms with van der Waals surface area (Å²) in [5.74, 6) is 0.639. The van der Waals surface area contributed by atoms with Crippen molar-refractivity contribution in [1.29, 1.82) is 0 Å². The van der Waals surface area contributed by atoms with E-state index in [0.717, 1.165) is 21.7 Å². The molecule has 0 amide bonds. The number of Topliss-reactive ketones (excluding diaryl/α,β-unsaturated/α-hetero) is 1. The van der Waals surface area contributed by atoms with Crippen LogP contribution in [0.3, 0.4) is 0 Å². The Bertz CT molecular complexity index is 607. The summed E-state index contributed by atoms with van der Waals surface area (Å²) in [6.45, 7) is 5.86. The Kier molecular flexibility index (Phi) is 4.46. The summed E-state index contributed by atoms with van der Waals surface area (Å²) in [5.41, 5.74) is 3.69. The molecule has 20 heavy (non-hydrogen) atoms. The van der Waals surface area contributed by atoms with Crippen LogP contribution in [0.1, 0.15) is 27.0 Å². The molecule has 0 unspecified atom stereocenters. The Morgan fingerprint density at radius 1 is 1.05 bits per heavy atom. The Morgan fingerprint density at radius 2 is 1.60 bits per heavy atom. The average molecular weight is 289 g/mol. The molecule has 0 spiro atoms. The maximum atomic E-state index is 12.0.